The SMILES string of the molecule is CCCOc1ccc(CNC(=NC)N2CCN(CC(=O)N3CCCCCC3)CC2)cn1.I. The molecular weight excluding hydrogens is 519 g/mol. The largest absolute Gasteiger partial charge is 0.478 e. The summed E-state index contributed by atoms with van der Waals surface area (Å²) < 4.78 is 5.54. The van der Waals surface area contributed by atoms with E-state index in [-0.39, 0.29) is 29.9 Å². The normalized spacial score (nSPS) is 18.0. The average molecular weight is 559 g/mol. The number of halogens is 1. The molecule has 0 spiro atoms. The first-order valence-electron chi connectivity index (χ1n) is 11.7. The molecule has 0 saturated carbocycles. The van der Waals surface area contributed by atoms with E-state index >= 15 is 0 Å². The molecule has 0 aliphatic carbocycles. The number of piperazine rings is 1. The highest BCUT2D eigenvalue weighted by Crippen LogP contribution is 2.11. The third-order valence-electron chi connectivity index (χ3n) is 5.90. The number of nitrogens with one attached hydrogen (secondary N) is 1. The van der Waals surface area contributed by atoms with E-state index in [0.717, 1.165) is 70.1 Å². The number of hydrogen-bond acceptors (Lipinski definition) is 5. The first-order chi connectivity index (χ1) is 15.2. The number of likely N-dealkylation sites (tertiary alicyclic amines) is 1. The van der Waals surface area contributed by atoms with Crippen LogP contribution in [0.15, 0.2) is 23.3 Å². The van der Waals surface area contributed by atoms with Gasteiger partial charge >= 0.3 is 0 Å². The molecule has 3 heterocycles. The number of ether oxygens (including phenoxy) is 1. The monoisotopic (exact) mass is 558 g/mol. The van der Waals surface area contributed by atoms with E-state index in [2.05, 4.69) is 36.9 Å². The first kappa shape index (κ1) is 26.6. The average Bonchev–Trinajstić information content (AvgIpc) is 3.10. The first-order valence-corrected chi connectivity index (χ1v) is 11.7. The zero-order chi connectivity index (χ0) is 21.9. The predicted octanol–water partition coefficient (Wildman–Crippen LogP) is 2.58. The van der Waals surface area contributed by atoms with Crippen molar-refractivity contribution in [2.45, 2.75) is 45.6 Å². The van der Waals surface area contributed by atoms with Crippen LogP contribution in [0.3, 0.4) is 0 Å². The molecule has 1 amide bonds. The van der Waals surface area contributed by atoms with Crippen LogP contribution in [0.5, 0.6) is 5.88 Å². The van der Waals surface area contributed by atoms with E-state index in [4.69, 9.17) is 4.74 Å². The molecule has 32 heavy (non-hydrogen) atoms. The number of guanidine groups is 1. The summed E-state index contributed by atoms with van der Waals surface area (Å²) in [5, 5.41) is 3.43. The Labute approximate surface area is 209 Å². The Bertz CT molecular complexity index is 699. The third kappa shape index (κ3) is 8.38. The van der Waals surface area contributed by atoms with Gasteiger partial charge in [-0.15, -0.1) is 24.0 Å². The van der Waals surface area contributed by atoms with Gasteiger partial charge in [0.15, 0.2) is 5.96 Å². The Balaban J connectivity index is 0.00000363. The van der Waals surface area contributed by atoms with Crippen molar-refractivity contribution in [3.05, 3.63) is 23.9 Å². The van der Waals surface area contributed by atoms with Crippen molar-refractivity contribution in [1.82, 2.24) is 25.0 Å². The van der Waals surface area contributed by atoms with Crippen LogP contribution in [0.2, 0.25) is 0 Å². The molecule has 180 valence electrons. The second kappa shape index (κ2) is 14.5. The van der Waals surface area contributed by atoms with Gasteiger partial charge in [0.05, 0.1) is 13.2 Å². The highest BCUT2D eigenvalue weighted by Gasteiger charge is 2.23. The van der Waals surface area contributed by atoms with Crippen molar-refractivity contribution in [3.8, 4) is 5.88 Å². The van der Waals surface area contributed by atoms with Gasteiger partial charge in [0.25, 0.3) is 0 Å². The molecule has 2 aliphatic heterocycles. The lowest BCUT2D eigenvalue weighted by molar-refractivity contribution is -0.132. The summed E-state index contributed by atoms with van der Waals surface area (Å²) in [6.07, 6.45) is 7.61. The smallest absolute Gasteiger partial charge is 0.236 e. The second-order valence-corrected chi connectivity index (χ2v) is 8.31. The summed E-state index contributed by atoms with van der Waals surface area (Å²) in [6.45, 7) is 9.33. The van der Waals surface area contributed by atoms with Gasteiger partial charge < -0.3 is 19.9 Å². The number of aromatic nitrogens is 1. The van der Waals surface area contributed by atoms with Crippen molar-refractivity contribution >= 4 is 35.8 Å². The summed E-state index contributed by atoms with van der Waals surface area (Å²) >= 11 is 0. The van der Waals surface area contributed by atoms with Crippen molar-refractivity contribution in [2.75, 3.05) is 59.5 Å². The third-order valence-corrected chi connectivity index (χ3v) is 5.90. The van der Waals surface area contributed by atoms with Crippen LogP contribution in [0.1, 0.15) is 44.6 Å². The molecule has 1 aromatic heterocycles. The van der Waals surface area contributed by atoms with Gasteiger partial charge in [0, 0.05) is 65.1 Å². The van der Waals surface area contributed by atoms with Crippen LogP contribution in [0, 0.1) is 0 Å². The number of nitrogens with zero attached hydrogens (tertiary/aromatic N) is 5. The minimum absolute atomic E-state index is 0. The number of pyridine rings is 1. The molecule has 2 aliphatic rings. The Morgan fingerprint density at radius 1 is 1.06 bits per heavy atom. The van der Waals surface area contributed by atoms with Crippen LogP contribution in [-0.2, 0) is 11.3 Å². The van der Waals surface area contributed by atoms with Crippen molar-refractivity contribution in [2.24, 2.45) is 4.99 Å². The second-order valence-electron chi connectivity index (χ2n) is 8.31. The summed E-state index contributed by atoms with van der Waals surface area (Å²) in [5.41, 5.74) is 1.09. The van der Waals surface area contributed by atoms with Gasteiger partial charge in [-0.25, -0.2) is 4.98 Å². The van der Waals surface area contributed by atoms with Crippen LogP contribution < -0.4 is 10.1 Å². The predicted molar refractivity (Wildman–Crippen MR) is 139 cm³/mol. The molecule has 2 saturated heterocycles. The van der Waals surface area contributed by atoms with Gasteiger partial charge in [-0.3, -0.25) is 14.7 Å². The number of aliphatic imine (C=N–C) groups is 1. The Morgan fingerprint density at radius 2 is 1.78 bits per heavy atom. The fraction of sp³-hybridized carbons (Fsp3) is 0.696. The van der Waals surface area contributed by atoms with E-state index in [1.54, 1.807) is 0 Å². The van der Waals surface area contributed by atoms with Crippen LogP contribution >= 0.6 is 24.0 Å². The zero-order valence-electron chi connectivity index (χ0n) is 19.6. The molecule has 0 aromatic carbocycles. The summed E-state index contributed by atoms with van der Waals surface area (Å²) in [5.74, 6) is 1.85. The molecule has 1 aromatic rings. The highest BCUT2D eigenvalue weighted by atomic mass is 127. The lowest BCUT2D eigenvalue weighted by Crippen LogP contribution is -2.54. The fourth-order valence-corrected chi connectivity index (χ4v) is 4.05. The fourth-order valence-electron chi connectivity index (χ4n) is 4.05. The van der Waals surface area contributed by atoms with Crippen LogP contribution in [0.4, 0.5) is 0 Å². The maximum atomic E-state index is 12.7. The minimum atomic E-state index is 0. The Kier molecular flexibility index (Phi) is 12.1. The van der Waals surface area contributed by atoms with E-state index in [9.17, 15) is 4.79 Å². The standard InChI is InChI=1S/C23H38N6O2.HI/c1-3-16-31-21-9-8-20(17-25-21)18-26-23(24-2)29-14-12-27(13-15-29)19-22(30)28-10-6-4-5-7-11-28;/h8-9,17H,3-7,10-16,18-19H2,1-2H3,(H,24,26);1H. The number of rotatable bonds is 7. The molecule has 8 nitrogen and oxygen atoms in total. The van der Waals surface area contributed by atoms with Crippen LogP contribution in [0.25, 0.3) is 0 Å². The molecule has 0 atom stereocenters. The number of amides is 1. The highest BCUT2D eigenvalue weighted by molar-refractivity contribution is 14.0. The molecule has 0 bridgehead atoms. The maximum absolute atomic E-state index is 12.7. The van der Waals surface area contributed by atoms with Crippen molar-refractivity contribution in [3.63, 3.8) is 0 Å². The van der Waals surface area contributed by atoms with Gasteiger partial charge in [-0.05, 0) is 24.8 Å². The maximum Gasteiger partial charge on any atom is 0.236 e. The summed E-state index contributed by atoms with van der Waals surface area (Å²) in [7, 11) is 1.82. The molecule has 1 N–H and O–H groups in total. The minimum Gasteiger partial charge on any atom is -0.478 e. The lowest BCUT2D eigenvalue weighted by Gasteiger charge is -2.37. The van der Waals surface area contributed by atoms with Gasteiger partial charge in [-0.2, -0.15) is 0 Å². The zero-order valence-corrected chi connectivity index (χ0v) is 21.9. The van der Waals surface area contributed by atoms with Crippen molar-refractivity contribution in [1.29, 1.82) is 0 Å². The van der Waals surface area contributed by atoms with E-state index in [1.165, 1.54) is 12.8 Å². The van der Waals surface area contributed by atoms with E-state index in [1.807, 2.05) is 25.4 Å². The molecule has 0 unspecified atom stereocenters. The lowest BCUT2D eigenvalue weighted by atomic mass is 10.2. The Hall–Kier alpha value is -1.62. The van der Waals surface area contributed by atoms with Gasteiger partial charge in [0.1, 0.15) is 0 Å². The summed E-state index contributed by atoms with van der Waals surface area (Å²) in [6, 6.07) is 3.94. The van der Waals surface area contributed by atoms with Gasteiger partial charge in [-0.1, -0.05) is 25.8 Å². The number of hydrogen-bond donors (Lipinski definition) is 1. The van der Waals surface area contributed by atoms with E-state index < -0.39 is 0 Å². The molecule has 9 heteroatoms. The van der Waals surface area contributed by atoms with E-state index in [0.29, 0.717) is 25.6 Å². The Morgan fingerprint density at radius 3 is 2.38 bits per heavy atom. The molecule has 0 radical (unpaired) electrons. The molecular formula is C23H39IN6O2. The summed E-state index contributed by atoms with van der Waals surface area (Å²) in [4.78, 5) is 28.1. The quantitative estimate of drug-likeness (QED) is 0.315. The number of carbonyl (C=O) groups excluding carboxylic acids is 1. The topological polar surface area (TPSA) is 73.3 Å². The van der Waals surface area contributed by atoms with Crippen molar-refractivity contribution < 1.29 is 9.53 Å². The molecule has 3 rings (SSSR count). The molecule has 2 fully saturated rings. The van der Waals surface area contributed by atoms with Crippen LogP contribution in [-0.4, -0.2) is 91.0 Å². The number of carbonyl (C=O) groups is 1. The van der Waals surface area contributed by atoms with Gasteiger partial charge in [0.2, 0.25) is 11.8 Å².